The van der Waals surface area contributed by atoms with Crippen molar-refractivity contribution in [3.8, 4) is 0 Å². The Labute approximate surface area is 117 Å². The van der Waals surface area contributed by atoms with E-state index in [1.807, 2.05) is 0 Å². The van der Waals surface area contributed by atoms with Crippen molar-refractivity contribution in [3.05, 3.63) is 0 Å². The Balaban J connectivity index is 2.09. The summed E-state index contributed by atoms with van der Waals surface area (Å²) in [6.45, 7) is 5.99. The van der Waals surface area contributed by atoms with Gasteiger partial charge in [0.25, 0.3) is 0 Å². The van der Waals surface area contributed by atoms with Gasteiger partial charge in [-0.15, -0.1) is 0 Å². The van der Waals surface area contributed by atoms with E-state index in [0.29, 0.717) is 12.5 Å². The predicted octanol–water partition coefficient (Wildman–Crippen LogP) is 2.93. The van der Waals surface area contributed by atoms with E-state index in [1.54, 1.807) is 0 Å². The molecule has 2 N–H and O–H groups in total. The monoisotopic (exact) mass is 266 g/mol. The third kappa shape index (κ3) is 2.81. The average molecular weight is 266 g/mol. The molecule has 0 aromatic heterocycles. The first-order valence-electron chi connectivity index (χ1n) is 8.18. The van der Waals surface area contributed by atoms with Crippen LogP contribution in [0.5, 0.6) is 0 Å². The third-order valence-corrected chi connectivity index (χ3v) is 5.63. The van der Waals surface area contributed by atoms with E-state index < -0.39 is 0 Å². The van der Waals surface area contributed by atoms with Gasteiger partial charge in [0, 0.05) is 24.5 Å². The Kier molecular flexibility index (Phi) is 4.88. The number of piperidine rings is 1. The zero-order chi connectivity index (χ0) is 13.9. The number of nitrogens with two attached hydrogens (primary N) is 1. The number of carbonyl (C=O) groups excluding carboxylic acids is 1. The fourth-order valence-corrected chi connectivity index (χ4v) is 4.07. The molecule has 0 bridgehead atoms. The number of hydrogen-bond acceptors (Lipinski definition) is 2. The molecule has 2 unspecified atom stereocenters. The van der Waals surface area contributed by atoms with Crippen LogP contribution in [-0.4, -0.2) is 29.9 Å². The topological polar surface area (TPSA) is 46.3 Å². The van der Waals surface area contributed by atoms with Gasteiger partial charge >= 0.3 is 0 Å². The molecule has 0 spiro atoms. The normalized spacial score (nSPS) is 30.6. The summed E-state index contributed by atoms with van der Waals surface area (Å²) in [6, 6.07) is 0.287. The maximum atomic E-state index is 13.0. The van der Waals surface area contributed by atoms with E-state index in [1.165, 1.54) is 25.7 Å². The highest BCUT2D eigenvalue weighted by molar-refractivity contribution is 5.83. The molecular weight excluding hydrogens is 236 g/mol. The standard InChI is InChI=1S/C16H30N2O/c1-3-13-7-10-18(14(11-13)12-17)15(19)16(4-2)8-5-6-9-16/h13-14H,3-12,17H2,1-2H3. The van der Waals surface area contributed by atoms with E-state index in [0.717, 1.165) is 38.1 Å². The molecule has 1 saturated carbocycles. The van der Waals surface area contributed by atoms with E-state index in [4.69, 9.17) is 5.73 Å². The Morgan fingerprint density at radius 1 is 1.32 bits per heavy atom. The zero-order valence-corrected chi connectivity index (χ0v) is 12.7. The summed E-state index contributed by atoms with van der Waals surface area (Å²) in [4.78, 5) is 15.1. The van der Waals surface area contributed by atoms with E-state index in [-0.39, 0.29) is 11.5 Å². The van der Waals surface area contributed by atoms with Gasteiger partial charge in [0.1, 0.15) is 0 Å². The van der Waals surface area contributed by atoms with Gasteiger partial charge in [-0.2, -0.15) is 0 Å². The molecule has 1 saturated heterocycles. The number of rotatable bonds is 4. The van der Waals surface area contributed by atoms with Gasteiger partial charge in [-0.3, -0.25) is 4.79 Å². The average Bonchev–Trinajstić information content (AvgIpc) is 2.95. The lowest BCUT2D eigenvalue weighted by Gasteiger charge is -2.43. The van der Waals surface area contributed by atoms with Gasteiger partial charge in [-0.05, 0) is 38.0 Å². The molecule has 3 nitrogen and oxygen atoms in total. The lowest BCUT2D eigenvalue weighted by molar-refractivity contribution is -0.146. The molecule has 1 aliphatic carbocycles. The molecule has 19 heavy (non-hydrogen) atoms. The fraction of sp³-hybridized carbons (Fsp3) is 0.938. The largest absolute Gasteiger partial charge is 0.338 e. The van der Waals surface area contributed by atoms with Gasteiger partial charge in [-0.1, -0.05) is 33.1 Å². The summed E-state index contributed by atoms with van der Waals surface area (Å²) < 4.78 is 0. The van der Waals surface area contributed by atoms with Crippen LogP contribution in [0, 0.1) is 11.3 Å². The Hall–Kier alpha value is -0.570. The first kappa shape index (κ1) is 14.8. The highest BCUT2D eigenvalue weighted by Gasteiger charge is 2.44. The fourth-order valence-electron chi connectivity index (χ4n) is 4.07. The quantitative estimate of drug-likeness (QED) is 0.850. The predicted molar refractivity (Wildman–Crippen MR) is 78.8 cm³/mol. The van der Waals surface area contributed by atoms with Crippen LogP contribution in [0.1, 0.15) is 65.2 Å². The van der Waals surface area contributed by atoms with Crippen molar-refractivity contribution in [1.82, 2.24) is 4.90 Å². The molecule has 2 fully saturated rings. The SMILES string of the molecule is CCC1CCN(C(=O)C2(CC)CCCC2)C(CN)C1. The van der Waals surface area contributed by atoms with E-state index >= 15 is 0 Å². The van der Waals surface area contributed by atoms with Crippen LogP contribution in [0.3, 0.4) is 0 Å². The van der Waals surface area contributed by atoms with Gasteiger partial charge in [0.15, 0.2) is 0 Å². The second-order valence-corrected chi connectivity index (χ2v) is 6.53. The summed E-state index contributed by atoms with van der Waals surface area (Å²) in [6.07, 6.45) is 9.11. The minimum Gasteiger partial charge on any atom is -0.338 e. The van der Waals surface area contributed by atoms with Crippen molar-refractivity contribution in [2.45, 2.75) is 71.3 Å². The molecule has 0 aromatic carbocycles. The van der Waals surface area contributed by atoms with Crippen LogP contribution in [-0.2, 0) is 4.79 Å². The second kappa shape index (κ2) is 6.25. The van der Waals surface area contributed by atoms with Gasteiger partial charge in [0.2, 0.25) is 5.91 Å². The van der Waals surface area contributed by atoms with Gasteiger partial charge in [-0.25, -0.2) is 0 Å². The summed E-state index contributed by atoms with van der Waals surface area (Å²) >= 11 is 0. The maximum Gasteiger partial charge on any atom is 0.229 e. The number of amides is 1. The summed E-state index contributed by atoms with van der Waals surface area (Å²) in [5.41, 5.74) is 5.89. The lowest BCUT2D eigenvalue weighted by atomic mass is 9.79. The highest BCUT2D eigenvalue weighted by atomic mass is 16.2. The van der Waals surface area contributed by atoms with Crippen molar-refractivity contribution < 1.29 is 4.79 Å². The van der Waals surface area contributed by atoms with E-state index in [9.17, 15) is 4.79 Å². The van der Waals surface area contributed by atoms with Crippen LogP contribution >= 0.6 is 0 Å². The van der Waals surface area contributed by atoms with Crippen molar-refractivity contribution in [2.75, 3.05) is 13.1 Å². The number of likely N-dealkylation sites (tertiary alicyclic amines) is 1. The second-order valence-electron chi connectivity index (χ2n) is 6.53. The number of hydrogen-bond donors (Lipinski definition) is 1. The lowest BCUT2D eigenvalue weighted by Crippen LogP contribution is -2.54. The first-order valence-corrected chi connectivity index (χ1v) is 8.18. The molecule has 1 heterocycles. The van der Waals surface area contributed by atoms with Crippen LogP contribution in [0.2, 0.25) is 0 Å². The molecule has 3 heteroatoms. The van der Waals surface area contributed by atoms with Gasteiger partial charge < -0.3 is 10.6 Å². The third-order valence-electron chi connectivity index (χ3n) is 5.63. The summed E-state index contributed by atoms with van der Waals surface area (Å²) in [7, 11) is 0. The van der Waals surface area contributed by atoms with Crippen LogP contribution < -0.4 is 5.73 Å². The van der Waals surface area contributed by atoms with Crippen LogP contribution in [0.15, 0.2) is 0 Å². The Bertz CT molecular complexity index is 310. The molecule has 110 valence electrons. The first-order chi connectivity index (χ1) is 9.16. The maximum absolute atomic E-state index is 13.0. The highest BCUT2D eigenvalue weighted by Crippen LogP contribution is 2.43. The van der Waals surface area contributed by atoms with Crippen molar-refractivity contribution in [3.63, 3.8) is 0 Å². The molecule has 2 aliphatic rings. The van der Waals surface area contributed by atoms with Gasteiger partial charge in [0.05, 0.1) is 0 Å². The zero-order valence-electron chi connectivity index (χ0n) is 12.7. The molecule has 1 amide bonds. The van der Waals surface area contributed by atoms with Crippen molar-refractivity contribution in [1.29, 1.82) is 0 Å². The van der Waals surface area contributed by atoms with Crippen LogP contribution in [0.25, 0.3) is 0 Å². The van der Waals surface area contributed by atoms with Crippen molar-refractivity contribution in [2.24, 2.45) is 17.1 Å². The summed E-state index contributed by atoms with van der Waals surface area (Å²) in [5, 5.41) is 0. The van der Waals surface area contributed by atoms with Crippen molar-refractivity contribution >= 4 is 5.91 Å². The summed E-state index contributed by atoms with van der Waals surface area (Å²) in [5.74, 6) is 1.18. The molecular formula is C16H30N2O. The Morgan fingerprint density at radius 2 is 2.00 bits per heavy atom. The number of nitrogens with zero attached hydrogens (tertiary/aromatic N) is 1. The molecule has 0 radical (unpaired) electrons. The van der Waals surface area contributed by atoms with E-state index in [2.05, 4.69) is 18.7 Å². The Morgan fingerprint density at radius 3 is 2.53 bits per heavy atom. The molecule has 0 aromatic rings. The smallest absolute Gasteiger partial charge is 0.229 e. The molecule has 2 rings (SSSR count). The number of carbonyl (C=O) groups is 1. The molecule has 1 aliphatic heterocycles. The minimum atomic E-state index is -0.0491. The molecule has 2 atom stereocenters. The minimum absolute atomic E-state index is 0.0491. The van der Waals surface area contributed by atoms with Crippen LogP contribution in [0.4, 0.5) is 0 Å².